The van der Waals surface area contributed by atoms with Crippen molar-refractivity contribution < 1.29 is 19.4 Å². The molecular weight excluding hydrogens is 488 g/mol. The number of carbonyl (C=O) groups is 2. The average molecular weight is 515 g/mol. The molecule has 0 unspecified atom stereocenters. The van der Waals surface area contributed by atoms with E-state index >= 15 is 0 Å². The summed E-state index contributed by atoms with van der Waals surface area (Å²) in [5.41, 5.74) is 2.76. The summed E-state index contributed by atoms with van der Waals surface area (Å²) >= 11 is 1.27. The summed E-state index contributed by atoms with van der Waals surface area (Å²) in [6.07, 6.45) is 4.19. The predicted octanol–water partition coefficient (Wildman–Crippen LogP) is 6.11. The fraction of sp³-hybridized carbons (Fsp3) is 0.250. The highest BCUT2D eigenvalue weighted by Gasteiger charge is 2.34. The summed E-state index contributed by atoms with van der Waals surface area (Å²) < 4.78 is 5.95. The van der Waals surface area contributed by atoms with Crippen LogP contribution in [0, 0.1) is 6.92 Å². The number of rotatable bonds is 5. The van der Waals surface area contributed by atoms with Crippen LogP contribution in [-0.4, -0.2) is 34.2 Å². The second-order valence-electron chi connectivity index (χ2n) is 9.42. The molecule has 1 saturated carbocycles. The minimum Gasteiger partial charge on any atom is -0.457 e. The Hall–Kier alpha value is -3.95. The second kappa shape index (κ2) is 9.49. The first-order chi connectivity index (χ1) is 18.0. The fourth-order valence-corrected chi connectivity index (χ4v) is 6.04. The maximum Gasteiger partial charge on any atom is 0.331 e. The van der Waals surface area contributed by atoms with Crippen molar-refractivity contribution in [3.63, 3.8) is 0 Å². The Morgan fingerprint density at radius 2 is 1.86 bits per heavy atom. The molecule has 8 nitrogen and oxygen atoms in total. The molecule has 3 N–H and O–H groups in total. The number of aliphatic hydroxyl groups is 1. The molecule has 2 aromatic heterocycles. The number of nitrogens with one attached hydrogen (secondary N) is 2. The number of para-hydroxylation sites is 1. The van der Waals surface area contributed by atoms with Gasteiger partial charge in [-0.25, -0.2) is 9.78 Å². The van der Waals surface area contributed by atoms with Gasteiger partial charge in [-0.05, 0) is 74.6 Å². The van der Waals surface area contributed by atoms with Gasteiger partial charge >= 0.3 is 6.03 Å². The van der Waals surface area contributed by atoms with Crippen molar-refractivity contribution in [1.29, 1.82) is 0 Å². The third-order valence-electron chi connectivity index (χ3n) is 6.87. The molecule has 188 valence electrons. The van der Waals surface area contributed by atoms with Gasteiger partial charge in [-0.1, -0.05) is 18.2 Å². The van der Waals surface area contributed by atoms with Crippen molar-refractivity contribution >= 4 is 50.6 Å². The number of anilines is 3. The molecule has 0 spiro atoms. The van der Waals surface area contributed by atoms with Gasteiger partial charge in [0.2, 0.25) is 0 Å². The topological polar surface area (TPSA) is 104 Å². The molecule has 37 heavy (non-hydrogen) atoms. The Balaban J connectivity index is 1.32. The highest BCUT2D eigenvalue weighted by atomic mass is 32.1. The van der Waals surface area contributed by atoms with E-state index in [0.29, 0.717) is 45.4 Å². The summed E-state index contributed by atoms with van der Waals surface area (Å²) in [7, 11) is 0. The Morgan fingerprint density at radius 3 is 2.62 bits per heavy atom. The van der Waals surface area contributed by atoms with Crippen molar-refractivity contribution in [2.75, 3.05) is 10.2 Å². The lowest BCUT2D eigenvalue weighted by molar-refractivity contribution is 0.0872. The molecule has 6 rings (SSSR count). The van der Waals surface area contributed by atoms with Crippen molar-refractivity contribution in [3.8, 4) is 11.5 Å². The summed E-state index contributed by atoms with van der Waals surface area (Å²) in [6.45, 7) is 1.93. The summed E-state index contributed by atoms with van der Waals surface area (Å²) in [4.78, 5) is 33.9. The normalized spacial score (nSPS) is 19.0. The molecule has 4 aromatic rings. The molecule has 0 bridgehead atoms. The second-order valence-corrected chi connectivity index (χ2v) is 10.4. The van der Waals surface area contributed by atoms with E-state index in [0.717, 1.165) is 29.5 Å². The number of nitrogens with zero attached hydrogens (tertiary/aromatic N) is 2. The molecule has 0 saturated heterocycles. The molecule has 3 amide bonds. The van der Waals surface area contributed by atoms with Crippen molar-refractivity contribution in [2.45, 2.75) is 44.8 Å². The van der Waals surface area contributed by atoms with Crippen LogP contribution in [0.15, 0.2) is 60.8 Å². The number of ether oxygens (including phenoxy) is 1. The van der Waals surface area contributed by atoms with Crippen molar-refractivity contribution in [3.05, 3.63) is 71.2 Å². The number of benzene rings is 2. The van der Waals surface area contributed by atoms with Gasteiger partial charge in [0.1, 0.15) is 21.2 Å². The van der Waals surface area contributed by atoms with Gasteiger partial charge in [0, 0.05) is 12.2 Å². The van der Waals surface area contributed by atoms with Crippen LogP contribution in [-0.2, 0) is 0 Å². The number of hydrogen-bond donors (Lipinski definition) is 3. The van der Waals surface area contributed by atoms with Gasteiger partial charge < -0.3 is 20.5 Å². The largest absolute Gasteiger partial charge is 0.457 e. The smallest absolute Gasteiger partial charge is 0.331 e. The molecule has 3 heterocycles. The van der Waals surface area contributed by atoms with Crippen molar-refractivity contribution in [2.24, 2.45) is 0 Å². The highest BCUT2D eigenvalue weighted by molar-refractivity contribution is 7.21. The molecule has 1 aliphatic heterocycles. The van der Waals surface area contributed by atoms with Gasteiger partial charge in [-0.2, -0.15) is 0 Å². The van der Waals surface area contributed by atoms with E-state index in [9.17, 15) is 14.7 Å². The van der Waals surface area contributed by atoms with E-state index in [1.165, 1.54) is 11.3 Å². The summed E-state index contributed by atoms with van der Waals surface area (Å²) in [5.74, 6) is 1.19. The molecule has 9 heteroatoms. The first kappa shape index (κ1) is 23.4. The number of hydrogen-bond acceptors (Lipinski definition) is 6. The Kier molecular flexibility index (Phi) is 6.02. The highest BCUT2D eigenvalue weighted by Crippen LogP contribution is 2.46. The van der Waals surface area contributed by atoms with E-state index in [2.05, 4.69) is 15.6 Å². The van der Waals surface area contributed by atoms with Crippen LogP contribution < -0.4 is 20.3 Å². The lowest BCUT2D eigenvalue weighted by Gasteiger charge is -2.30. The Labute approximate surface area is 217 Å². The molecule has 0 atom stereocenters. The number of urea groups is 1. The number of pyridine rings is 1. The van der Waals surface area contributed by atoms with Gasteiger partial charge in [-0.15, -0.1) is 11.3 Å². The quantitative estimate of drug-likeness (QED) is 0.298. The summed E-state index contributed by atoms with van der Waals surface area (Å²) in [6, 6.07) is 16.6. The molecule has 2 aliphatic rings. The molecular formula is C28H26N4O4S. The minimum atomic E-state index is -0.340. The van der Waals surface area contributed by atoms with Crippen LogP contribution in [0.1, 0.15) is 40.9 Å². The maximum absolute atomic E-state index is 13.4. The van der Waals surface area contributed by atoms with Gasteiger partial charge in [-0.3, -0.25) is 9.69 Å². The predicted molar refractivity (Wildman–Crippen MR) is 144 cm³/mol. The number of thiophene rings is 1. The standard InChI is InChI=1S/C28H26N4O4S/c1-16-15-20(36-19-5-3-2-4-6-19)11-12-21(16)32-22-13-14-29-27-23(22)24(31-28(32)35)25(37-27)26(34)30-17-7-9-18(33)10-8-17/h2-6,11-15,17-18,33H,7-10H2,1H3,(H,30,34)(H,31,35)/t17-,18-. The molecule has 2 aromatic carbocycles. The van der Waals surface area contributed by atoms with Gasteiger partial charge in [0.25, 0.3) is 5.91 Å². The lowest BCUT2D eigenvalue weighted by Crippen LogP contribution is -2.39. The monoisotopic (exact) mass is 514 g/mol. The summed E-state index contributed by atoms with van der Waals surface area (Å²) in [5, 5.41) is 16.6. The lowest BCUT2D eigenvalue weighted by atomic mass is 9.93. The molecule has 1 aliphatic carbocycles. The number of aliphatic hydroxyl groups excluding tert-OH is 1. The van der Waals surface area contributed by atoms with Crippen LogP contribution in [0.3, 0.4) is 0 Å². The Morgan fingerprint density at radius 1 is 1.08 bits per heavy atom. The van der Waals surface area contributed by atoms with Crippen molar-refractivity contribution in [1.82, 2.24) is 10.3 Å². The van der Waals surface area contributed by atoms with E-state index in [4.69, 9.17) is 4.74 Å². The number of amides is 3. The van der Waals surface area contributed by atoms with Gasteiger partial charge in [0.05, 0.1) is 28.6 Å². The van der Waals surface area contributed by atoms with Crippen LogP contribution in [0.25, 0.3) is 10.2 Å². The van der Waals surface area contributed by atoms with E-state index in [-0.39, 0.29) is 24.1 Å². The SMILES string of the molecule is Cc1cc(Oc2ccccc2)ccc1N1C(=O)Nc2c(C(=O)N[C@H]3CC[C@H](O)CC3)sc3nccc1c23. The molecule has 1 fully saturated rings. The zero-order valence-corrected chi connectivity index (χ0v) is 21.0. The van der Waals surface area contributed by atoms with Crippen LogP contribution in [0.2, 0.25) is 0 Å². The average Bonchev–Trinajstić information content (AvgIpc) is 3.27. The van der Waals surface area contributed by atoms with E-state index < -0.39 is 0 Å². The van der Waals surface area contributed by atoms with Crippen LogP contribution >= 0.6 is 11.3 Å². The molecule has 0 radical (unpaired) electrons. The van der Waals surface area contributed by atoms with E-state index in [1.807, 2.05) is 55.5 Å². The first-order valence-electron chi connectivity index (χ1n) is 12.3. The van der Waals surface area contributed by atoms with Crippen LogP contribution in [0.4, 0.5) is 21.9 Å². The third kappa shape index (κ3) is 4.41. The van der Waals surface area contributed by atoms with E-state index in [1.54, 1.807) is 17.2 Å². The zero-order chi connectivity index (χ0) is 25.5. The number of aryl methyl sites for hydroxylation is 1. The third-order valence-corrected chi connectivity index (χ3v) is 7.97. The minimum absolute atomic E-state index is 0.0100. The zero-order valence-electron chi connectivity index (χ0n) is 20.2. The fourth-order valence-electron chi connectivity index (χ4n) is 5.02. The van der Waals surface area contributed by atoms with Crippen LogP contribution in [0.5, 0.6) is 11.5 Å². The first-order valence-corrected chi connectivity index (χ1v) is 13.1. The van der Waals surface area contributed by atoms with Gasteiger partial charge in [0.15, 0.2) is 0 Å². The maximum atomic E-state index is 13.4. The number of carbonyl (C=O) groups excluding carboxylic acids is 2. The Bertz CT molecular complexity index is 1500. The number of aromatic nitrogens is 1.